The highest BCUT2D eigenvalue weighted by Gasteiger charge is 2.17. The van der Waals surface area contributed by atoms with Gasteiger partial charge in [0.15, 0.2) is 0 Å². The molecule has 0 radical (unpaired) electrons. The molecule has 3 heteroatoms. The first-order valence-electron chi connectivity index (χ1n) is 7.34. The zero-order valence-corrected chi connectivity index (χ0v) is 12.8. The van der Waals surface area contributed by atoms with E-state index in [1.165, 1.54) is 38.0 Å². The Balaban J connectivity index is 1.84. The van der Waals surface area contributed by atoms with Gasteiger partial charge in [0, 0.05) is 11.1 Å². The molecular formula is C16H25ClN2. The Morgan fingerprint density at radius 2 is 1.89 bits per heavy atom. The summed E-state index contributed by atoms with van der Waals surface area (Å²) in [5.41, 5.74) is 1.33. The quantitative estimate of drug-likeness (QED) is 0.884. The number of nitrogens with one attached hydrogen (secondary N) is 1. The van der Waals surface area contributed by atoms with Gasteiger partial charge in [0.25, 0.3) is 0 Å². The summed E-state index contributed by atoms with van der Waals surface area (Å²) >= 11 is 5.94. The Morgan fingerprint density at radius 1 is 1.26 bits per heavy atom. The lowest BCUT2D eigenvalue weighted by Gasteiger charge is -2.31. The highest BCUT2D eigenvalue weighted by molar-refractivity contribution is 6.30. The number of benzene rings is 1. The molecule has 1 saturated heterocycles. The van der Waals surface area contributed by atoms with Crippen LogP contribution in [0.3, 0.4) is 0 Å². The second-order valence-electron chi connectivity index (χ2n) is 5.71. The average molecular weight is 281 g/mol. The molecule has 106 valence electrons. The summed E-state index contributed by atoms with van der Waals surface area (Å²) in [7, 11) is 2.04. The summed E-state index contributed by atoms with van der Waals surface area (Å²) in [6.45, 7) is 6.07. The first kappa shape index (κ1) is 14.8. The molecule has 0 aromatic heterocycles. The molecule has 1 unspecified atom stereocenters. The summed E-state index contributed by atoms with van der Waals surface area (Å²) in [5.74, 6) is 0.910. The molecule has 2 rings (SSSR count). The number of rotatable bonds is 5. The van der Waals surface area contributed by atoms with Gasteiger partial charge < -0.3 is 10.2 Å². The van der Waals surface area contributed by atoms with Crippen molar-refractivity contribution in [2.24, 2.45) is 5.92 Å². The van der Waals surface area contributed by atoms with E-state index in [0.717, 1.165) is 17.4 Å². The largest absolute Gasteiger partial charge is 0.313 e. The molecule has 2 nitrogen and oxygen atoms in total. The van der Waals surface area contributed by atoms with Crippen LogP contribution in [0.5, 0.6) is 0 Å². The van der Waals surface area contributed by atoms with E-state index in [1.54, 1.807) is 0 Å². The van der Waals surface area contributed by atoms with Crippen molar-refractivity contribution in [3.8, 4) is 0 Å². The molecule has 1 fully saturated rings. The summed E-state index contributed by atoms with van der Waals surface area (Å²) in [5, 5.41) is 4.23. The number of halogens is 1. The molecule has 0 bridgehead atoms. The van der Waals surface area contributed by atoms with Gasteiger partial charge in [-0.25, -0.2) is 0 Å². The second kappa shape index (κ2) is 7.28. The van der Waals surface area contributed by atoms with E-state index in [4.69, 9.17) is 11.6 Å². The third-order valence-electron chi connectivity index (χ3n) is 4.23. The maximum absolute atomic E-state index is 5.94. The maximum Gasteiger partial charge on any atom is 0.0406 e. The van der Waals surface area contributed by atoms with Crippen LogP contribution in [-0.4, -0.2) is 31.6 Å². The number of hydrogen-bond donors (Lipinski definition) is 1. The first-order chi connectivity index (χ1) is 9.19. The topological polar surface area (TPSA) is 15.3 Å². The third-order valence-corrected chi connectivity index (χ3v) is 4.48. The van der Waals surface area contributed by atoms with Crippen molar-refractivity contribution >= 4 is 11.6 Å². The molecule has 0 aliphatic carbocycles. The fourth-order valence-electron chi connectivity index (χ4n) is 2.77. The lowest BCUT2D eigenvalue weighted by Crippen LogP contribution is -2.35. The van der Waals surface area contributed by atoms with Gasteiger partial charge in [-0.05, 0) is 69.6 Å². The van der Waals surface area contributed by atoms with Crippen molar-refractivity contribution < 1.29 is 0 Å². The Morgan fingerprint density at radius 3 is 2.47 bits per heavy atom. The van der Waals surface area contributed by atoms with Crippen LogP contribution in [0.4, 0.5) is 0 Å². The number of likely N-dealkylation sites (tertiary alicyclic amines) is 1. The highest BCUT2D eigenvalue weighted by Crippen LogP contribution is 2.21. The Kier molecular flexibility index (Phi) is 5.68. The van der Waals surface area contributed by atoms with E-state index in [1.807, 2.05) is 19.2 Å². The van der Waals surface area contributed by atoms with E-state index < -0.39 is 0 Å². The smallest absolute Gasteiger partial charge is 0.0406 e. The zero-order chi connectivity index (χ0) is 13.7. The van der Waals surface area contributed by atoms with Crippen molar-refractivity contribution in [3.63, 3.8) is 0 Å². The molecule has 19 heavy (non-hydrogen) atoms. The predicted molar refractivity (Wildman–Crippen MR) is 82.7 cm³/mol. The molecule has 0 spiro atoms. The van der Waals surface area contributed by atoms with Crippen molar-refractivity contribution in [2.45, 2.75) is 32.2 Å². The molecule has 1 atom stereocenters. The Labute approximate surface area is 122 Å². The third kappa shape index (κ3) is 4.48. The van der Waals surface area contributed by atoms with Crippen molar-refractivity contribution in [2.75, 3.05) is 26.7 Å². The number of piperidine rings is 1. The zero-order valence-electron chi connectivity index (χ0n) is 12.0. The minimum absolute atomic E-state index is 0.427. The lowest BCUT2D eigenvalue weighted by molar-refractivity contribution is 0.185. The summed E-state index contributed by atoms with van der Waals surface area (Å²) in [6.07, 6.45) is 3.86. The van der Waals surface area contributed by atoms with Gasteiger partial charge in [0.05, 0.1) is 0 Å². The van der Waals surface area contributed by atoms with Crippen LogP contribution in [0, 0.1) is 5.92 Å². The fraction of sp³-hybridized carbons (Fsp3) is 0.625. The summed E-state index contributed by atoms with van der Waals surface area (Å²) < 4.78 is 0. The minimum atomic E-state index is 0.427. The van der Waals surface area contributed by atoms with Crippen LogP contribution in [0.25, 0.3) is 0 Å². The molecule has 1 aliphatic heterocycles. The van der Waals surface area contributed by atoms with E-state index in [-0.39, 0.29) is 0 Å². The van der Waals surface area contributed by atoms with Gasteiger partial charge in [0.1, 0.15) is 0 Å². The molecule has 1 aliphatic rings. The molecule has 0 saturated carbocycles. The van der Waals surface area contributed by atoms with Crippen LogP contribution in [0.1, 0.15) is 37.8 Å². The summed E-state index contributed by atoms with van der Waals surface area (Å²) in [4.78, 5) is 2.60. The average Bonchev–Trinajstić information content (AvgIpc) is 2.43. The minimum Gasteiger partial charge on any atom is -0.313 e. The highest BCUT2D eigenvalue weighted by atomic mass is 35.5. The SMILES string of the molecule is CNC(CCN1CCC(C)CC1)c1ccc(Cl)cc1. The number of nitrogens with zero attached hydrogens (tertiary/aromatic N) is 1. The maximum atomic E-state index is 5.94. The molecule has 1 heterocycles. The molecule has 0 amide bonds. The summed E-state index contributed by atoms with van der Waals surface area (Å²) in [6, 6.07) is 8.63. The predicted octanol–water partition coefficient (Wildman–Crippen LogP) is 3.72. The van der Waals surface area contributed by atoms with E-state index in [2.05, 4.69) is 29.3 Å². The van der Waals surface area contributed by atoms with Crippen molar-refractivity contribution in [1.82, 2.24) is 10.2 Å². The van der Waals surface area contributed by atoms with Crippen LogP contribution in [-0.2, 0) is 0 Å². The van der Waals surface area contributed by atoms with Crippen molar-refractivity contribution in [1.29, 1.82) is 0 Å². The van der Waals surface area contributed by atoms with E-state index in [9.17, 15) is 0 Å². The van der Waals surface area contributed by atoms with Crippen LogP contribution < -0.4 is 5.32 Å². The van der Waals surface area contributed by atoms with Crippen LogP contribution in [0.2, 0.25) is 5.02 Å². The van der Waals surface area contributed by atoms with Crippen molar-refractivity contribution in [3.05, 3.63) is 34.9 Å². The van der Waals surface area contributed by atoms with Gasteiger partial charge in [0.2, 0.25) is 0 Å². The van der Waals surface area contributed by atoms with E-state index >= 15 is 0 Å². The van der Waals surface area contributed by atoms with Gasteiger partial charge in [-0.3, -0.25) is 0 Å². The lowest BCUT2D eigenvalue weighted by atomic mass is 9.98. The molecule has 1 N–H and O–H groups in total. The monoisotopic (exact) mass is 280 g/mol. The Hall–Kier alpha value is -0.570. The molecule has 1 aromatic rings. The first-order valence-corrected chi connectivity index (χ1v) is 7.72. The van der Waals surface area contributed by atoms with Gasteiger partial charge >= 0.3 is 0 Å². The van der Waals surface area contributed by atoms with Crippen LogP contribution >= 0.6 is 11.6 Å². The van der Waals surface area contributed by atoms with Gasteiger partial charge in [-0.15, -0.1) is 0 Å². The van der Waals surface area contributed by atoms with Crippen LogP contribution in [0.15, 0.2) is 24.3 Å². The van der Waals surface area contributed by atoms with Gasteiger partial charge in [-0.1, -0.05) is 30.7 Å². The molecule has 1 aromatic carbocycles. The molecular weight excluding hydrogens is 256 g/mol. The Bertz CT molecular complexity index is 369. The standard InChI is InChI=1S/C16H25ClN2/c1-13-7-10-19(11-8-13)12-9-16(18-2)14-3-5-15(17)6-4-14/h3-6,13,16,18H,7-12H2,1-2H3. The normalized spacial score (nSPS) is 19.5. The second-order valence-corrected chi connectivity index (χ2v) is 6.14. The number of hydrogen-bond acceptors (Lipinski definition) is 2. The van der Waals surface area contributed by atoms with E-state index in [0.29, 0.717) is 6.04 Å². The van der Waals surface area contributed by atoms with Gasteiger partial charge in [-0.2, -0.15) is 0 Å². The fourth-order valence-corrected chi connectivity index (χ4v) is 2.90.